The maximum atomic E-state index is 13.1. The lowest BCUT2D eigenvalue weighted by Gasteiger charge is -2.18. The Labute approximate surface area is 291 Å². The average molecular weight is 809 g/mol. The van der Waals surface area contributed by atoms with Crippen LogP contribution in [0.4, 0.5) is 16.5 Å². The number of nitrogens with zero attached hydrogens (tertiary/aromatic N) is 4. The fourth-order valence-electron chi connectivity index (χ4n) is 5.59. The molecule has 0 bridgehead atoms. The summed E-state index contributed by atoms with van der Waals surface area (Å²) in [6.07, 6.45) is 4.04. The number of hydrogen-bond acceptors (Lipinski definition) is 9. The number of aromatic amines is 2. The molecule has 0 aliphatic rings. The largest absolute Gasteiger partial charge is 0.361 e. The first-order valence-corrected chi connectivity index (χ1v) is 17.8. The number of nitro benzene ring substituents is 2. The number of halogens is 2. The molecule has 0 saturated carbocycles. The van der Waals surface area contributed by atoms with Crippen LogP contribution in [0, 0.1) is 20.2 Å². The van der Waals surface area contributed by atoms with Crippen LogP contribution < -0.4 is 4.72 Å². The number of nitro groups is 2. The minimum absolute atomic E-state index is 0.131. The Morgan fingerprint density at radius 2 is 1.38 bits per heavy atom. The number of sulfonamides is 1. The van der Waals surface area contributed by atoms with Gasteiger partial charge in [-0.15, -0.1) is 10.2 Å². The smallest absolute Gasteiger partial charge is 0.296 e. The zero-order chi connectivity index (χ0) is 33.7. The van der Waals surface area contributed by atoms with E-state index in [1.807, 2.05) is 60.9 Å². The van der Waals surface area contributed by atoms with Crippen LogP contribution in [0.2, 0.25) is 0 Å². The second kappa shape index (κ2) is 12.2. The van der Waals surface area contributed by atoms with Crippen LogP contribution in [0.25, 0.3) is 32.4 Å². The van der Waals surface area contributed by atoms with E-state index in [1.54, 1.807) is 0 Å². The molecule has 3 N–H and O–H groups in total. The molecule has 13 nitrogen and oxygen atoms in total. The van der Waals surface area contributed by atoms with Crippen molar-refractivity contribution < 1.29 is 18.3 Å². The molecule has 3 heterocycles. The minimum atomic E-state index is -4.53. The van der Waals surface area contributed by atoms with E-state index in [1.165, 1.54) is 0 Å². The van der Waals surface area contributed by atoms with E-state index in [2.05, 4.69) is 68.9 Å². The molecule has 0 saturated heterocycles. The molecule has 48 heavy (non-hydrogen) atoms. The Balaban J connectivity index is 1.23. The number of H-pyrrole nitrogens is 2. The maximum Gasteiger partial charge on any atom is 0.296 e. The van der Waals surface area contributed by atoms with Gasteiger partial charge in [-0.25, -0.2) is 8.42 Å². The van der Waals surface area contributed by atoms with Crippen LogP contribution in [0.3, 0.4) is 0 Å². The molecular formula is C31H19Br2N7O6S2. The summed E-state index contributed by atoms with van der Waals surface area (Å²) in [4.78, 5) is 26.8. The Morgan fingerprint density at radius 3 is 1.94 bits per heavy atom. The molecule has 17 heteroatoms. The highest BCUT2D eigenvalue weighted by Crippen LogP contribution is 2.41. The lowest BCUT2D eigenvalue weighted by Crippen LogP contribution is -2.14. The Morgan fingerprint density at radius 1 is 0.771 bits per heavy atom. The van der Waals surface area contributed by atoms with Crippen molar-refractivity contribution in [3.8, 4) is 10.6 Å². The first-order chi connectivity index (χ1) is 23.0. The SMILES string of the molecule is O=[N+]([O-])c1ccc(S(=O)(=O)Nc2nnc(-c3ccc(C(c4c[nH]c5ccc(Br)cc45)c4c[nH]c5ccc(Br)cc45)cc3)s2)c([N+](=O)[O-])c1. The third-order valence-corrected chi connectivity index (χ3v) is 11.1. The number of fused-ring (bicyclic) bond motifs is 2. The number of nitrogens with one attached hydrogen (secondary N) is 3. The summed E-state index contributed by atoms with van der Waals surface area (Å²) in [6.45, 7) is 0. The monoisotopic (exact) mass is 807 g/mol. The van der Waals surface area contributed by atoms with Crippen molar-refractivity contribution >= 4 is 91.5 Å². The Bertz CT molecular complexity index is 2430. The molecule has 4 aromatic carbocycles. The first kappa shape index (κ1) is 31.6. The van der Waals surface area contributed by atoms with Crippen LogP contribution in [-0.2, 0) is 10.0 Å². The van der Waals surface area contributed by atoms with Gasteiger partial charge < -0.3 is 9.97 Å². The van der Waals surface area contributed by atoms with Gasteiger partial charge in [0.15, 0.2) is 4.90 Å². The molecule has 0 radical (unpaired) electrons. The van der Waals surface area contributed by atoms with Gasteiger partial charge in [-0.3, -0.25) is 25.0 Å². The highest BCUT2D eigenvalue weighted by Gasteiger charge is 2.30. The zero-order valence-corrected chi connectivity index (χ0v) is 28.9. The van der Waals surface area contributed by atoms with Crippen LogP contribution in [-0.4, -0.2) is 38.4 Å². The summed E-state index contributed by atoms with van der Waals surface area (Å²) < 4.78 is 30.3. The quantitative estimate of drug-likeness (QED) is 0.0956. The molecule has 0 spiro atoms. The standard InChI is InChI=1S/C31H19Br2N7O6S2/c32-18-5-8-25-21(11-18)23(14-34-25)29(24-15-35-26-9-6-19(33)12-22(24)26)16-1-3-17(4-2-16)30-36-37-31(47-30)38-48(45,46)28-10-7-20(39(41)42)13-27(28)40(43)44/h1-15,29,34-35H,(H,37,38). The van der Waals surface area contributed by atoms with Crippen LogP contribution in [0.1, 0.15) is 22.6 Å². The van der Waals surface area contributed by atoms with E-state index < -0.39 is 36.1 Å². The molecule has 240 valence electrons. The van der Waals surface area contributed by atoms with Crippen molar-refractivity contribution in [3.63, 3.8) is 0 Å². The highest BCUT2D eigenvalue weighted by molar-refractivity contribution is 9.10. The summed E-state index contributed by atoms with van der Waals surface area (Å²) >= 11 is 8.15. The van der Waals surface area contributed by atoms with Crippen molar-refractivity contribution in [3.05, 3.63) is 137 Å². The zero-order valence-electron chi connectivity index (χ0n) is 24.0. The second-order valence-corrected chi connectivity index (χ2v) is 15.1. The van der Waals surface area contributed by atoms with E-state index >= 15 is 0 Å². The van der Waals surface area contributed by atoms with Gasteiger partial charge in [-0.1, -0.05) is 67.5 Å². The van der Waals surface area contributed by atoms with Gasteiger partial charge in [0.1, 0.15) is 5.01 Å². The number of non-ortho nitro benzene ring substituents is 1. The summed E-state index contributed by atoms with van der Waals surface area (Å²) in [5, 5.41) is 33.1. The number of benzene rings is 4. The van der Waals surface area contributed by atoms with Gasteiger partial charge in [0.25, 0.3) is 21.4 Å². The molecule has 7 aromatic rings. The molecule has 0 aliphatic carbocycles. The van der Waals surface area contributed by atoms with Crippen LogP contribution >= 0.6 is 43.2 Å². The van der Waals surface area contributed by atoms with Gasteiger partial charge in [-0.2, -0.15) is 0 Å². The summed E-state index contributed by atoms with van der Waals surface area (Å²) in [6, 6.07) is 22.2. The molecular weight excluding hydrogens is 790 g/mol. The number of hydrogen-bond donors (Lipinski definition) is 3. The van der Waals surface area contributed by atoms with Crippen molar-refractivity contribution in [1.29, 1.82) is 0 Å². The highest BCUT2D eigenvalue weighted by atomic mass is 79.9. The van der Waals surface area contributed by atoms with E-state index in [4.69, 9.17) is 0 Å². The van der Waals surface area contributed by atoms with Crippen molar-refractivity contribution in [2.45, 2.75) is 10.8 Å². The summed E-state index contributed by atoms with van der Waals surface area (Å²) in [7, 11) is -4.53. The maximum absolute atomic E-state index is 13.1. The Hall–Kier alpha value is -4.97. The molecule has 0 unspecified atom stereocenters. The molecule has 0 amide bonds. The van der Waals surface area contributed by atoms with E-state index in [0.717, 1.165) is 70.9 Å². The van der Waals surface area contributed by atoms with Crippen LogP contribution in [0.5, 0.6) is 0 Å². The topological polar surface area (TPSA) is 190 Å². The van der Waals surface area contributed by atoms with E-state index in [0.29, 0.717) is 16.6 Å². The fourth-order valence-corrected chi connectivity index (χ4v) is 8.45. The molecule has 3 aromatic heterocycles. The molecule has 0 aliphatic heterocycles. The first-order valence-electron chi connectivity index (χ1n) is 13.9. The molecule has 0 fully saturated rings. The predicted octanol–water partition coefficient (Wildman–Crippen LogP) is 8.49. The third-order valence-electron chi connectivity index (χ3n) is 7.75. The Kier molecular flexibility index (Phi) is 8.06. The lowest BCUT2D eigenvalue weighted by molar-refractivity contribution is -0.396. The number of aromatic nitrogens is 4. The van der Waals surface area contributed by atoms with Gasteiger partial charge in [0.2, 0.25) is 5.13 Å². The average Bonchev–Trinajstić information content (AvgIpc) is 3.80. The molecule has 7 rings (SSSR count). The van der Waals surface area contributed by atoms with Gasteiger partial charge >= 0.3 is 0 Å². The van der Waals surface area contributed by atoms with Gasteiger partial charge in [0.05, 0.1) is 15.9 Å². The normalized spacial score (nSPS) is 11.8. The van der Waals surface area contributed by atoms with Crippen molar-refractivity contribution in [1.82, 2.24) is 20.2 Å². The second-order valence-electron chi connectivity index (χ2n) is 10.6. The van der Waals surface area contributed by atoms with Crippen LogP contribution in [0.15, 0.2) is 105 Å². The minimum Gasteiger partial charge on any atom is -0.361 e. The predicted molar refractivity (Wildman–Crippen MR) is 189 cm³/mol. The third kappa shape index (κ3) is 5.85. The fraction of sp³-hybridized carbons (Fsp3) is 0.0323. The molecule has 0 atom stereocenters. The number of rotatable bonds is 9. The van der Waals surface area contributed by atoms with Gasteiger partial charge in [0, 0.05) is 60.7 Å². The van der Waals surface area contributed by atoms with E-state index in [9.17, 15) is 28.6 Å². The number of anilines is 1. The van der Waals surface area contributed by atoms with Gasteiger partial charge in [-0.05, 0) is 59.2 Å². The summed E-state index contributed by atoms with van der Waals surface area (Å²) in [5.74, 6) is -0.167. The van der Waals surface area contributed by atoms with E-state index in [-0.39, 0.29) is 11.0 Å². The van der Waals surface area contributed by atoms with Crippen molar-refractivity contribution in [2.75, 3.05) is 4.72 Å². The summed E-state index contributed by atoms with van der Waals surface area (Å²) in [5.41, 5.74) is 4.27. The van der Waals surface area contributed by atoms with Crippen molar-refractivity contribution in [2.24, 2.45) is 0 Å². The lowest BCUT2D eigenvalue weighted by atomic mass is 9.84.